The second kappa shape index (κ2) is 7.52. The van der Waals surface area contributed by atoms with Crippen molar-refractivity contribution in [3.05, 3.63) is 22.3 Å². The maximum Gasteiger partial charge on any atom is 0.225 e. The molecule has 0 bridgehead atoms. The van der Waals surface area contributed by atoms with Crippen molar-refractivity contribution in [2.24, 2.45) is 11.8 Å². The first-order chi connectivity index (χ1) is 11.6. The number of amides is 1. The molecule has 1 saturated carbocycles. The number of aromatic nitrogens is 1. The SMILES string of the molecule is CN(CC1CCN(c2ncc(Br)cc2C#N)CC1)C(=O)C1CCC1. The zero-order chi connectivity index (χ0) is 17.1. The molecule has 1 aromatic heterocycles. The summed E-state index contributed by atoms with van der Waals surface area (Å²) in [6.45, 7) is 2.63. The van der Waals surface area contributed by atoms with Crippen molar-refractivity contribution in [3.63, 3.8) is 0 Å². The molecule has 128 valence electrons. The molecule has 0 unspecified atom stereocenters. The average Bonchev–Trinajstić information content (AvgIpc) is 2.54. The summed E-state index contributed by atoms with van der Waals surface area (Å²) >= 11 is 3.36. The van der Waals surface area contributed by atoms with Gasteiger partial charge in [-0.25, -0.2) is 4.98 Å². The van der Waals surface area contributed by atoms with Crippen LogP contribution in [0, 0.1) is 23.2 Å². The van der Waals surface area contributed by atoms with Crippen molar-refractivity contribution in [2.75, 3.05) is 31.6 Å². The van der Waals surface area contributed by atoms with Gasteiger partial charge in [-0.3, -0.25) is 4.79 Å². The summed E-state index contributed by atoms with van der Waals surface area (Å²) in [5.41, 5.74) is 0.611. The lowest BCUT2D eigenvalue weighted by Gasteiger charge is -2.36. The van der Waals surface area contributed by atoms with Crippen molar-refractivity contribution < 1.29 is 4.79 Å². The summed E-state index contributed by atoms with van der Waals surface area (Å²) < 4.78 is 0.828. The van der Waals surface area contributed by atoms with Crippen LogP contribution in [0.15, 0.2) is 16.7 Å². The molecule has 5 nitrogen and oxygen atoms in total. The van der Waals surface area contributed by atoms with E-state index < -0.39 is 0 Å². The van der Waals surface area contributed by atoms with Gasteiger partial charge in [-0.15, -0.1) is 0 Å². The highest BCUT2D eigenvalue weighted by atomic mass is 79.9. The fourth-order valence-corrected chi connectivity index (χ4v) is 3.87. The highest BCUT2D eigenvalue weighted by Crippen LogP contribution is 2.30. The molecule has 1 aliphatic carbocycles. The van der Waals surface area contributed by atoms with Gasteiger partial charge in [-0.2, -0.15) is 5.26 Å². The largest absolute Gasteiger partial charge is 0.356 e. The minimum absolute atomic E-state index is 0.278. The van der Waals surface area contributed by atoms with Crippen LogP contribution in [0.5, 0.6) is 0 Å². The summed E-state index contributed by atoms with van der Waals surface area (Å²) in [6, 6.07) is 4.05. The molecule has 3 rings (SSSR count). The van der Waals surface area contributed by atoms with Gasteiger partial charge in [0.05, 0.1) is 5.56 Å². The first-order valence-electron chi connectivity index (χ1n) is 8.64. The van der Waals surface area contributed by atoms with Crippen LogP contribution >= 0.6 is 15.9 Å². The lowest BCUT2D eigenvalue weighted by Crippen LogP contribution is -2.42. The van der Waals surface area contributed by atoms with E-state index in [1.165, 1.54) is 6.42 Å². The van der Waals surface area contributed by atoms with Crippen LogP contribution in [0.3, 0.4) is 0 Å². The Balaban J connectivity index is 1.54. The lowest BCUT2D eigenvalue weighted by molar-refractivity contribution is -0.137. The van der Waals surface area contributed by atoms with Crippen LogP contribution in [-0.2, 0) is 4.79 Å². The van der Waals surface area contributed by atoms with Crippen LogP contribution in [0.1, 0.15) is 37.7 Å². The van der Waals surface area contributed by atoms with E-state index in [2.05, 4.69) is 31.9 Å². The molecule has 0 aromatic carbocycles. The van der Waals surface area contributed by atoms with Crippen molar-refractivity contribution in [3.8, 4) is 6.07 Å². The fraction of sp³-hybridized carbons (Fsp3) is 0.611. The molecular formula is C18H23BrN4O. The summed E-state index contributed by atoms with van der Waals surface area (Å²) in [5.74, 6) is 1.92. The number of piperidine rings is 1. The van der Waals surface area contributed by atoms with Crippen LogP contribution in [-0.4, -0.2) is 42.5 Å². The molecule has 6 heteroatoms. The van der Waals surface area contributed by atoms with Crippen LogP contribution in [0.4, 0.5) is 5.82 Å². The van der Waals surface area contributed by atoms with E-state index in [0.717, 1.165) is 55.6 Å². The number of rotatable bonds is 4. The first kappa shape index (κ1) is 17.2. The van der Waals surface area contributed by atoms with E-state index in [1.807, 2.05) is 18.0 Å². The van der Waals surface area contributed by atoms with E-state index in [4.69, 9.17) is 0 Å². The minimum atomic E-state index is 0.278. The monoisotopic (exact) mass is 390 g/mol. The Kier molecular flexibility index (Phi) is 5.40. The third-order valence-electron chi connectivity index (χ3n) is 5.23. The van der Waals surface area contributed by atoms with Crippen molar-refractivity contribution in [2.45, 2.75) is 32.1 Å². The number of carbonyl (C=O) groups excluding carboxylic acids is 1. The molecule has 0 spiro atoms. The molecule has 2 fully saturated rings. The van der Waals surface area contributed by atoms with Gasteiger partial charge in [0.15, 0.2) is 0 Å². The van der Waals surface area contributed by atoms with E-state index >= 15 is 0 Å². The maximum absolute atomic E-state index is 12.3. The Morgan fingerprint density at radius 1 is 1.42 bits per heavy atom. The summed E-state index contributed by atoms with van der Waals surface area (Å²) in [7, 11) is 1.94. The van der Waals surface area contributed by atoms with Crippen molar-refractivity contribution in [1.82, 2.24) is 9.88 Å². The van der Waals surface area contributed by atoms with Gasteiger partial charge in [0, 0.05) is 43.3 Å². The number of anilines is 1. The van der Waals surface area contributed by atoms with E-state index in [0.29, 0.717) is 17.4 Å². The number of carbonyl (C=O) groups is 1. The molecule has 24 heavy (non-hydrogen) atoms. The zero-order valence-electron chi connectivity index (χ0n) is 14.0. The summed E-state index contributed by atoms with van der Waals surface area (Å²) in [5, 5.41) is 9.30. The summed E-state index contributed by atoms with van der Waals surface area (Å²) in [6.07, 6.45) is 7.13. The third kappa shape index (κ3) is 3.72. The molecule has 2 heterocycles. The molecular weight excluding hydrogens is 368 g/mol. The fourth-order valence-electron chi connectivity index (χ4n) is 3.54. The van der Waals surface area contributed by atoms with Crippen molar-refractivity contribution >= 4 is 27.7 Å². The second-order valence-corrected chi connectivity index (χ2v) is 7.83. The maximum atomic E-state index is 12.3. The topological polar surface area (TPSA) is 60.2 Å². The van der Waals surface area contributed by atoms with Gasteiger partial charge in [0.25, 0.3) is 0 Å². The molecule has 2 aliphatic rings. The minimum Gasteiger partial charge on any atom is -0.356 e. The van der Waals surface area contributed by atoms with Crippen LogP contribution in [0.25, 0.3) is 0 Å². The number of hydrogen-bond acceptors (Lipinski definition) is 4. The van der Waals surface area contributed by atoms with Gasteiger partial charge in [0.1, 0.15) is 11.9 Å². The van der Waals surface area contributed by atoms with E-state index in [1.54, 1.807) is 6.20 Å². The number of hydrogen-bond donors (Lipinski definition) is 0. The quantitative estimate of drug-likeness (QED) is 0.791. The Morgan fingerprint density at radius 2 is 2.12 bits per heavy atom. The summed E-state index contributed by atoms with van der Waals surface area (Å²) in [4.78, 5) is 20.8. The Morgan fingerprint density at radius 3 is 2.71 bits per heavy atom. The molecule has 0 radical (unpaired) electrons. The second-order valence-electron chi connectivity index (χ2n) is 6.91. The zero-order valence-corrected chi connectivity index (χ0v) is 15.6. The highest BCUT2D eigenvalue weighted by molar-refractivity contribution is 9.10. The van der Waals surface area contributed by atoms with E-state index in [-0.39, 0.29) is 5.92 Å². The number of nitriles is 1. The first-order valence-corrected chi connectivity index (χ1v) is 9.43. The number of halogens is 1. The smallest absolute Gasteiger partial charge is 0.225 e. The Bertz CT molecular complexity index is 645. The standard InChI is InChI=1S/C18H23BrN4O/c1-22(18(24)14-3-2-4-14)12-13-5-7-23(8-6-13)17-15(10-20)9-16(19)11-21-17/h9,11,13-14H,2-8,12H2,1H3. The molecule has 1 saturated heterocycles. The predicted molar refractivity (Wildman–Crippen MR) is 96.6 cm³/mol. The van der Waals surface area contributed by atoms with Gasteiger partial charge in [-0.05, 0) is 53.6 Å². The van der Waals surface area contributed by atoms with Crippen LogP contribution < -0.4 is 4.90 Å². The highest BCUT2D eigenvalue weighted by Gasteiger charge is 2.30. The predicted octanol–water partition coefficient (Wildman–Crippen LogP) is 3.19. The Hall–Kier alpha value is -1.61. The molecule has 0 N–H and O–H groups in total. The molecule has 1 aromatic rings. The number of pyridine rings is 1. The molecule has 0 atom stereocenters. The van der Waals surface area contributed by atoms with Gasteiger partial charge >= 0.3 is 0 Å². The lowest BCUT2D eigenvalue weighted by atomic mass is 9.84. The molecule has 1 amide bonds. The Labute approximate surface area is 151 Å². The number of nitrogens with zero attached hydrogens (tertiary/aromatic N) is 4. The van der Waals surface area contributed by atoms with Gasteiger partial charge < -0.3 is 9.80 Å². The molecule has 1 aliphatic heterocycles. The van der Waals surface area contributed by atoms with Gasteiger partial charge in [0.2, 0.25) is 5.91 Å². The normalized spacial score (nSPS) is 18.8. The van der Waals surface area contributed by atoms with Crippen LogP contribution in [0.2, 0.25) is 0 Å². The third-order valence-corrected chi connectivity index (χ3v) is 5.66. The van der Waals surface area contributed by atoms with Crippen molar-refractivity contribution in [1.29, 1.82) is 5.26 Å². The van der Waals surface area contributed by atoms with E-state index in [9.17, 15) is 10.1 Å². The average molecular weight is 391 g/mol. The van der Waals surface area contributed by atoms with Gasteiger partial charge in [-0.1, -0.05) is 6.42 Å².